The molecule has 1 atom stereocenters. The molecule has 1 unspecified atom stereocenters. The van der Waals surface area contributed by atoms with E-state index in [1.165, 1.54) is 18.4 Å². The van der Waals surface area contributed by atoms with E-state index in [9.17, 15) is 0 Å². The molecule has 0 aromatic rings. The lowest BCUT2D eigenvalue weighted by Gasteiger charge is -2.03. The third-order valence-electron chi connectivity index (χ3n) is 2.04. The standard InChI is InChI=1S/C11H16/c1-10-6-3-4-7-11(2)9-5-8-10/h3-4,6-7,11H,1,5,8-9H2,2H3/b6-3-,7-4-. The van der Waals surface area contributed by atoms with Gasteiger partial charge in [0.15, 0.2) is 0 Å². The van der Waals surface area contributed by atoms with E-state index in [0.29, 0.717) is 0 Å². The molecule has 0 heterocycles. The van der Waals surface area contributed by atoms with Crippen LogP contribution in [0.3, 0.4) is 0 Å². The average molecular weight is 148 g/mol. The van der Waals surface area contributed by atoms with Crippen LogP contribution in [0.25, 0.3) is 0 Å². The van der Waals surface area contributed by atoms with Gasteiger partial charge in [0.1, 0.15) is 0 Å². The van der Waals surface area contributed by atoms with Crippen molar-refractivity contribution in [3.8, 4) is 0 Å². The van der Waals surface area contributed by atoms with Gasteiger partial charge in [0, 0.05) is 0 Å². The van der Waals surface area contributed by atoms with Gasteiger partial charge in [-0.2, -0.15) is 0 Å². The van der Waals surface area contributed by atoms with Gasteiger partial charge in [0.2, 0.25) is 0 Å². The second kappa shape index (κ2) is 4.17. The van der Waals surface area contributed by atoms with Gasteiger partial charge in [-0.3, -0.25) is 0 Å². The lowest BCUT2D eigenvalue weighted by molar-refractivity contribution is 0.609. The van der Waals surface area contributed by atoms with Gasteiger partial charge in [-0.15, -0.1) is 0 Å². The third kappa shape index (κ3) is 3.22. The fourth-order valence-corrected chi connectivity index (χ4v) is 1.28. The van der Waals surface area contributed by atoms with Gasteiger partial charge in [-0.05, 0) is 25.2 Å². The smallest absolute Gasteiger partial charge is 0.0259 e. The maximum atomic E-state index is 3.96. The van der Waals surface area contributed by atoms with Gasteiger partial charge in [0.05, 0.1) is 0 Å². The Labute approximate surface area is 69.3 Å². The molecule has 60 valence electrons. The summed E-state index contributed by atoms with van der Waals surface area (Å²) >= 11 is 0. The van der Waals surface area contributed by atoms with Crippen LogP contribution in [-0.4, -0.2) is 0 Å². The zero-order valence-corrected chi connectivity index (χ0v) is 7.22. The van der Waals surface area contributed by atoms with E-state index in [4.69, 9.17) is 0 Å². The molecule has 0 heteroatoms. The van der Waals surface area contributed by atoms with E-state index in [1.54, 1.807) is 0 Å². The van der Waals surface area contributed by atoms with Crippen molar-refractivity contribution in [3.05, 3.63) is 36.5 Å². The summed E-state index contributed by atoms with van der Waals surface area (Å²) in [6.45, 7) is 6.22. The monoisotopic (exact) mass is 148 g/mol. The zero-order chi connectivity index (χ0) is 8.10. The van der Waals surface area contributed by atoms with Crippen LogP contribution >= 0.6 is 0 Å². The fourth-order valence-electron chi connectivity index (χ4n) is 1.28. The molecule has 0 fully saturated rings. The molecule has 0 amide bonds. The first-order chi connectivity index (χ1) is 5.29. The zero-order valence-electron chi connectivity index (χ0n) is 7.22. The first kappa shape index (κ1) is 8.32. The van der Waals surface area contributed by atoms with E-state index in [0.717, 1.165) is 12.3 Å². The molecule has 0 aliphatic heterocycles. The molecule has 0 aromatic carbocycles. The minimum atomic E-state index is 0.727. The van der Waals surface area contributed by atoms with Gasteiger partial charge in [0.25, 0.3) is 0 Å². The normalized spacial score (nSPS) is 31.7. The number of rotatable bonds is 0. The summed E-state index contributed by atoms with van der Waals surface area (Å²) in [6.07, 6.45) is 12.3. The largest absolute Gasteiger partial charge is 0.0958 e. The van der Waals surface area contributed by atoms with Crippen molar-refractivity contribution < 1.29 is 0 Å². The number of hydrogen-bond donors (Lipinski definition) is 0. The molecule has 11 heavy (non-hydrogen) atoms. The van der Waals surface area contributed by atoms with Crippen molar-refractivity contribution >= 4 is 0 Å². The average Bonchev–Trinajstić information content (AvgIpc) is 2.04. The number of allylic oxidation sites excluding steroid dienone is 5. The Balaban J connectivity index is 2.54. The fraction of sp³-hybridized carbons (Fsp3) is 0.455. The Kier molecular flexibility index (Phi) is 3.15. The molecule has 0 N–H and O–H groups in total. The minimum Gasteiger partial charge on any atom is -0.0958 e. The summed E-state index contributed by atoms with van der Waals surface area (Å²) in [5.74, 6) is 0.727. The summed E-state index contributed by atoms with van der Waals surface area (Å²) < 4.78 is 0. The van der Waals surface area contributed by atoms with E-state index >= 15 is 0 Å². The van der Waals surface area contributed by atoms with E-state index < -0.39 is 0 Å². The van der Waals surface area contributed by atoms with Gasteiger partial charge < -0.3 is 0 Å². The molecule has 0 spiro atoms. The quantitative estimate of drug-likeness (QED) is 0.493. The molecular formula is C11H16. The first-order valence-corrected chi connectivity index (χ1v) is 4.31. The molecular weight excluding hydrogens is 132 g/mol. The Morgan fingerprint density at radius 1 is 1.45 bits per heavy atom. The summed E-state index contributed by atoms with van der Waals surface area (Å²) in [4.78, 5) is 0. The van der Waals surface area contributed by atoms with E-state index in [2.05, 4.69) is 37.8 Å². The molecule has 1 aliphatic rings. The van der Waals surface area contributed by atoms with Crippen LogP contribution in [-0.2, 0) is 0 Å². The Morgan fingerprint density at radius 3 is 3.09 bits per heavy atom. The van der Waals surface area contributed by atoms with E-state index in [1.807, 2.05) is 0 Å². The lowest BCUT2D eigenvalue weighted by atomic mass is 10.0. The SMILES string of the molecule is C=C1/C=C\C=C/C(C)CCC1. The van der Waals surface area contributed by atoms with Crippen molar-refractivity contribution in [2.75, 3.05) is 0 Å². The molecule has 1 aliphatic carbocycles. The van der Waals surface area contributed by atoms with Gasteiger partial charge >= 0.3 is 0 Å². The third-order valence-corrected chi connectivity index (χ3v) is 2.04. The molecule has 0 saturated heterocycles. The lowest BCUT2D eigenvalue weighted by Crippen LogP contribution is -1.88. The second-order valence-corrected chi connectivity index (χ2v) is 3.27. The summed E-state index contributed by atoms with van der Waals surface area (Å²) in [6, 6.07) is 0. The maximum absolute atomic E-state index is 3.96. The minimum absolute atomic E-state index is 0.727. The number of hydrogen-bond acceptors (Lipinski definition) is 0. The predicted octanol–water partition coefficient (Wildman–Crippen LogP) is 3.48. The molecule has 0 nitrogen and oxygen atoms in total. The predicted molar refractivity (Wildman–Crippen MR) is 50.4 cm³/mol. The van der Waals surface area contributed by atoms with E-state index in [-0.39, 0.29) is 0 Å². The highest BCUT2D eigenvalue weighted by Crippen LogP contribution is 2.15. The van der Waals surface area contributed by atoms with Crippen LogP contribution in [0, 0.1) is 5.92 Å². The second-order valence-electron chi connectivity index (χ2n) is 3.27. The molecule has 1 rings (SSSR count). The van der Waals surface area contributed by atoms with Crippen LogP contribution in [0.15, 0.2) is 36.5 Å². The summed E-state index contributed by atoms with van der Waals surface area (Å²) in [7, 11) is 0. The van der Waals surface area contributed by atoms with Gasteiger partial charge in [-0.1, -0.05) is 43.4 Å². The van der Waals surface area contributed by atoms with Crippen LogP contribution < -0.4 is 0 Å². The first-order valence-electron chi connectivity index (χ1n) is 4.31. The topological polar surface area (TPSA) is 0 Å². The van der Waals surface area contributed by atoms with Crippen molar-refractivity contribution in [2.24, 2.45) is 5.92 Å². The Hall–Kier alpha value is -0.780. The van der Waals surface area contributed by atoms with Crippen molar-refractivity contribution in [3.63, 3.8) is 0 Å². The van der Waals surface area contributed by atoms with Crippen LogP contribution in [0.5, 0.6) is 0 Å². The summed E-state index contributed by atoms with van der Waals surface area (Å²) in [5.41, 5.74) is 1.25. The maximum Gasteiger partial charge on any atom is -0.0259 e. The van der Waals surface area contributed by atoms with Crippen LogP contribution in [0.4, 0.5) is 0 Å². The summed E-state index contributed by atoms with van der Waals surface area (Å²) in [5, 5.41) is 0. The van der Waals surface area contributed by atoms with Crippen molar-refractivity contribution in [2.45, 2.75) is 26.2 Å². The van der Waals surface area contributed by atoms with Crippen molar-refractivity contribution in [1.82, 2.24) is 0 Å². The molecule has 0 radical (unpaired) electrons. The Bertz CT molecular complexity index is 184. The van der Waals surface area contributed by atoms with Crippen molar-refractivity contribution in [1.29, 1.82) is 0 Å². The highest BCUT2D eigenvalue weighted by atomic mass is 14.0. The highest BCUT2D eigenvalue weighted by Gasteiger charge is 1.98. The Morgan fingerprint density at radius 2 is 2.27 bits per heavy atom. The van der Waals surface area contributed by atoms with Gasteiger partial charge in [-0.25, -0.2) is 0 Å². The highest BCUT2D eigenvalue weighted by molar-refractivity contribution is 5.20. The molecule has 0 saturated carbocycles. The molecule has 0 aromatic heterocycles. The molecule has 0 bridgehead atoms. The van der Waals surface area contributed by atoms with Crippen LogP contribution in [0.2, 0.25) is 0 Å². The van der Waals surface area contributed by atoms with Crippen LogP contribution in [0.1, 0.15) is 26.2 Å².